The van der Waals surface area contributed by atoms with E-state index in [1.807, 2.05) is 47.4 Å². The van der Waals surface area contributed by atoms with Crippen LogP contribution in [0.1, 0.15) is 0 Å². The molecule has 2 aliphatic heterocycles. The lowest BCUT2D eigenvalue weighted by atomic mass is 10.0. The SMILES string of the molecule is COc1ccc(S(=O)(=O)N2CCN3CC(=O)Nc4cc(-c5cccc(OC)c5)ccc4OC[C@H]3C2)cc1. The molecule has 3 aromatic rings. The third-order valence-corrected chi connectivity index (χ3v) is 8.58. The van der Waals surface area contributed by atoms with Gasteiger partial charge in [-0.25, -0.2) is 8.42 Å². The number of sulfonamides is 1. The van der Waals surface area contributed by atoms with Crippen LogP contribution in [0.2, 0.25) is 0 Å². The van der Waals surface area contributed by atoms with Crippen LogP contribution in [0.3, 0.4) is 0 Å². The third kappa shape index (κ3) is 5.27. The molecule has 0 saturated carbocycles. The van der Waals surface area contributed by atoms with Crippen LogP contribution in [0.4, 0.5) is 5.69 Å². The molecule has 1 atom stereocenters. The molecule has 2 heterocycles. The van der Waals surface area contributed by atoms with Gasteiger partial charge >= 0.3 is 0 Å². The van der Waals surface area contributed by atoms with Crippen LogP contribution in [-0.2, 0) is 14.8 Å². The molecule has 0 spiro atoms. The zero-order valence-corrected chi connectivity index (χ0v) is 21.5. The van der Waals surface area contributed by atoms with Gasteiger partial charge in [0.25, 0.3) is 0 Å². The second-order valence-electron chi connectivity index (χ2n) is 8.96. The summed E-state index contributed by atoms with van der Waals surface area (Å²) in [5.74, 6) is 1.70. The Hall–Kier alpha value is -3.60. The molecule has 10 heteroatoms. The monoisotopic (exact) mass is 523 g/mol. The molecular weight excluding hydrogens is 494 g/mol. The van der Waals surface area contributed by atoms with Gasteiger partial charge in [0.1, 0.15) is 23.9 Å². The van der Waals surface area contributed by atoms with E-state index in [0.29, 0.717) is 23.7 Å². The van der Waals surface area contributed by atoms with Gasteiger partial charge < -0.3 is 19.5 Å². The van der Waals surface area contributed by atoms with E-state index in [2.05, 4.69) is 5.32 Å². The van der Waals surface area contributed by atoms with Gasteiger partial charge in [0, 0.05) is 19.6 Å². The number of rotatable bonds is 5. The fourth-order valence-corrected chi connectivity index (χ4v) is 6.11. The van der Waals surface area contributed by atoms with Gasteiger partial charge in [0.2, 0.25) is 15.9 Å². The van der Waals surface area contributed by atoms with Crippen molar-refractivity contribution in [3.05, 3.63) is 66.7 Å². The van der Waals surface area contributed by atoms with Gasteiger partial charge in [-0.3, -0.25) is 9.69 Å². The summed E-state index contributed by atoms with van der Waals surface area (Å²) >= 11 is 0. The van der Waals surface area contributed by atoms with Crippen LogP contribution >= 0.6 is 0 Å². The molecule has 37 heavy (non-hydrogen) atoms. The first kappa shape index (κ1) is 25.1. The number of amides is 1. The molecule has 1 saturated heterocycles. The highest BCUT2D eigenvalue weighted by Crippen LogP contribution is 2.33. The predicted molar refractivity (Wildman–Crippen MR) is 140 cm³/mol. The van der Waals surface area contributed by atoms with Gasteiger partial charge in [-0.15, -0.1) is 0 Å². The number of hydrogen-bond donors (Lipinski definition) is 1. The Bertz CT molecular complexity index is 1390. The lowest BCUT2D eigenvalue weighted by molar-refractivity contribution is -0.118. The Morgan fingerprint density at radius 1 is 0.919 bits per heavy atom. The number of methoxy groups -OCH3 is 2. The number of nitrogens with one attached hydrogen (secondary N) is 1. The number of benzene rings is 3. The standard InChI is InChI=1S/C27H29N3O6S/c1-34-22-7-9-24(10-8-22)37(32,33)30-13-12-29-17-27(31)28-25-15-20(19-4-3-5-23(14-19)35-2)6-11-26(25)36-18-21(29)16-30/h3-11,14-15,21H,12-13,16-18H2,1-2H3,(H,28,31)/t21-/m1/s1. The van der Waals surface area contributed by atoms with E-state index < -0.39 is 10.0 Å². The summed E-state index contributed by atoms with van der Waals surface area (Å²) in [6.45, 7) is 1.31. The Balaban J connectivity index is 1.36. The van der Waals surface area contributed by atoms with Gasteiger partial charge in [0.05, 0.1) is 37.4 Å². The average molecular weight is 524 g/mol. The Kier molecular flexibility index (Phi) is 7.05. The number of hydrogen-bond acceptors (Lipinski definition) is 7. The predicted octanol–water partition coefficient (Wildman–Crippen LogP) is 3.08. The van der Waals surface area contributed by atoms with Gasteiger partial charge in [-0.05, 0) is 59.7 Å². The van der Waals surface area contributed by atoms with Crippen LogP contribution in [0, 0.1) is 0 Å². The van der Waals surface area contributed by atoms with Crippen LogP contribution in [0.15, 0.2) is 71.6 Å². The quantitative estimate of drug-likeness (QED) is 0.549. The molecule has 0 aromatic heterocycles. The van der Waals surface area contributed by atoms with E-state index in [1.165, 1.54) is 11.4 Å². The van der Waals surface area contributed by atoms with E-state index >= 15 is 0 Å². The van der Waals surface area contributed by atoms with E-state index in [1.54, 1.807) is 31.4 Å². The highest BCUT2D eigenvalue weighted by molar-refractivity contribution is 7.89. The second-order valence-corrected chi connectivity index (χ2v) is 10.9. The summed E-state index contributed by atoms with van der Waals surface area (Å²) in [6.07, 6.45) is 0. The highest BCUT2D eigenvalue weighted by atomic mass is 32.2. The second kappa shape index (κ2) is 10.4. The molecule has 0 aliphatic carbocycles. The van der Waals surface area contributed by atoms with Crippen molar-refractivity contribution in [1.29, 1.82) is 0 Å². The lowest BCUT2D eigenvalue weighted by Crippen LogP contribution is -2.57. The summed E-state index contributed by atoms with van der Waals surface area (Å²) in [4.78, 5) is 15.1. The van der Waals surface area contributed by atoms with Crippen molar-refractivity contribution in [2.45, 2.75) is 10.9 Å². The maximum absolute atomic E-state index is 13.3. The number of fused-ring (bicyclic) bond motifs is 2. The van der Waals surface area contributed by atoms with Crippen LogP contribution in [0.25, 0.3) is 11.1 Å². The molecule has 3 aromatic carbocycles. The number of ether oxygens (including phenoxy) is 3. The number of carbonyl (C=O) groups excluding carboxylic acids is 1. The molecule has 1 N–H and O–H groups in total. The smallest absolute Gasteiger partial charge is 0.243 e. The van der Waals surface area contributed by atoms with E-state index in [-0.39, 0.29) is 43.1 Å². The molecule has 0 radical (unpaired) electrons. The van der Waals surface area contributed by atoms with Crippen LogP contribution < -0.4 is 19.5 Å². The Morgan fingerprint density at radius 2 is 1.68 bits per heavy atom. The minimum Gasteiger partial charge on any atom is -0.497 e. The fraction of sp³-hybridized carbons (Fsp3) is 0.296. The minimum atomic E-state index is -3.70. The molecule has 2 aliphatic rings. The number of carbonyl (C=O) groups is 1. The van der Waals surface area contributed by atoms with Gasteiger partial charge in [0.15, 0.2) is 0 Å². The molecule has 1 fully saturated rings. The Morgan fingerprint density at radius 3 is 2.43 bits per heavy atom. The number of nitrogens with zero attached hydrogens (tertiary/aromatic N) is 2. The maximum atomic E-state index is 13.3. The van der Waals surface area contributed by atoms with E-state index in [0.717, 1.165) is 16.9 Å². The molecule has 5 rings (SSSR count). The summed E-state index contributed by atoms with van der Waals surface area (Å²) in [6, 6.07) is 19.4. The first-order valence-corrected chi connectivity index (χ1v) is 13.4. The van der Waals surface area contributed by atoms with Gasteiger partial charge in [-0.1, -0.05) is 18.2 Å². The first-order valence-electron chi connectivity index (χ1n) is 12.0. The van der Waals surface area contributed by atoms with Crippen molar-refractivity contribution in [2.24, 2.45) is 0 Å². The van der Waals surface area contributed by atoms with Gasteiger partial charge in [-0.2, -0.15) is 4.31 Å². The van der Waals surface area contributed by atoms with E-state index in [9.17, 15) is 13.2 Å². The fourth-order valence-electron chi connectivity index (χ4n) is 4.64. The summed E-state index contributed by atoms with van der Waals surface area (Å²) < 4.78 is 44.7. The molecule has 9 nitrogen and oxygen atoms in total. The minimum absolute atomic E-state index is 0.146. The normalized spacial score (nSPS) is 18.8. The first-order chi connectivity index (χ1) is 17.9. The summed E-state index contributed by atoms with van der Waals surface area (Å²) in [5.41, 5.74) is 2.44. The largest absolute Gasteiger partial charge is 0.497 e. The van der Waals surface area contributed by atoms with Crippen molar-refractivity contribution >= 4 is 21.6 Å². The highest BCUT2D eigenvalue weighted by Gasteiger charge is 2.36. The van der Waals surface area contributed by atoms with Crippen LogP contribution in [-0.4, -0.2) is 76.6 Å². The average Bonchev–Trinajstić information content (AvgIpc) is 2.99. The number of anilines is 1. The molecule has 0 bridgehead atoms. The van der Waals surface area contributed by atoms with E-state index in [4.69, 9.17) is 14.2 Å². The lowest BCUT2D eigenvalue weighted by Gasteiger charge is -2.39. The molecule has 0 unspecified atom stereocenters. The number of piperazine rings is 1. The van der Waals surface area contributed by atoms with Crippen molar-refractivity contribution in [3.63, 3.8) is 0 Å². The van der Waals surface area contributed by atoms with Crippen molar-refractivity contribution < 1.29 is 27.4 Å². The molecular formula is C27H29N3O6S. The summed E-state index contributed by atoms with van der Waals surface area (Å²) in [7, 11) is -0.543. The zero-order chi connectivity index (χ0) is 26.0. The summed E-state index contributed by atoms with van der Waals surface area (Å²) in [5, 5.41) is 2.97. The van der Waals surface area contributed by atoms with Crippen LogP contribution in [0.5, 0.6) is 17.2 Å². The topological polar surface area (TPSA) is 97.4 Å². The van der Waals surface area contributed by atoms with Crippen molar-refractivity contribution in [3.8, 4) is 28.4 Å². The maximum Gasteiger partial charge on any atom is 0.243 e. The zero-order valence-electron chi connectivity index (χ0n) is 20.7. The Labute approximate surface area is 216 Å². The third-order valence-electron chi connectivity index (χ3n) is 6.70. The molecule has 194 valence electrons. The van der Waals surface area contributed by atoms with Crippen molar-refractivity contribution in [2.75, 3.05) is 52.3 Å². The molecule has 1 amide bonds. The van der Waals surface area contributed by atoms with Crippen molar-refractivity contribution in [1.82, 2.24) is 9.21 Å².